The standard InChI is InChI=1S/C15H34N4O/c1-6-9-19(11-10-17(4)5)14(13-16)12-15(20)18(7-2)8-3/h14H,6-13,16H2,1-5H3. The van der Waals surface area contributed by atoms with Crippen LogP contribution >= 0.6 is 0 Å². The van der Waals surface area contributed by atoms with Gasteiger partial charge in [0.15, 0.2) is 0 Å². The first-order valence-corrected chi connectivity index (χ1v) is 7.86. The number of nitrogens with zero attached hydrogens (tertiary/aromatic N) is 3. The van der Waals surface area contributed by atoms with Crippen molar-refractivity contribution in [2.24, 2.45) is 5.73 Å². The molecule has 20 heavy (non-hydrogen) atoms. The molecule has 0 aromatic heterocycles. The number of likely N-dealkylation sites (N-methyl/N-ethyl adjacent to an activating group) is 1. The van der Waals surface area contributed by atoms with Crippen molar-refractivity contribution in [3.8, 4) is 0 Å². The van der Waals surface area contributed by atoms with Crippen molar-refractivity contribution in [3.05, 3.63) is 0 Å². The first-order chi connectivity index (χ1) is 9.49. The Kier molecular flexibility index (Phi) is 10.7. The molecular formula is C15H34N4O. The molecule has 5 heteroatoms. The fraction of sp³-hybridized carbons (Fsp3) is 0.933. The summed E-state index contributed by atoms with van der Waals surface area (Å²) in [7, 11) is 4.14. The van der Waals surface area contributed by atoms with Crippen molar-refractivity contribution >= 4 is 5.91 Å². The van der Waals surface area contributed by atoms with Crippen LogP contribution in [-0.2, 0) is 4.79 Å². The van der Waals surface area contributed by atoms with E-state index in [2.05, 4.69) is 30.8 Å². The van der Waals surface area contributed by atoms with Gasteiger partial charge in [0.05, 0.1) is 0 Å². The number of carbonyl (C=O) groups is 1. The van der Waals surface area contributed by atoms with Crippen LogP contribution in [0.2, 0.25) is 0 Å². The van der Waals surface area contributed by atoms with Crippen LogP contribution in [0.1, 0.15) is 33.6 Å². The number of carbonyl (C=O) groups excluding carboxylic acids is 1. The molecule has 5 nitrogen and oxygen atoms in total. The van der Waals surface area contributed by atoms with Gasteiger partial charge in [-0.3, -0.25) is 9.69 Å². The summed E-state index contributed by atoms with van der Waals surface area (Å²) < 4.78 is 0. The van der Waals surface area contributed by atoms with Crippen LogP contribution in [-0.4, -0.2) is 80.0 Å². The average molecular weight is 286 g/mol. The molecule has 0 saturated carbocycles. The van der Waals surface area contributed by atoms with E-state index in [-0.39, 0.29) is 11.9 Å². The SMILES string of the molecule is CCCN(CCN(C)C)C(CN)CC(=O)N(CC)CC. The van der Waals surface area contributed by atoms with Gasteiger partial charge < -0.3 is 15.5 Å². The highest BCUT2D eigenvalue weighted by Gasteiger charge is 2.21. The predicted molar refractivity (Wildman–Crippen MR) is 85.8 cm³/mol. The highest BCUT2D eigenvalue weighted by Crippen LogP contribution is 2.07. The summed E-state index contributed by atoms with van der Waals surface area (Å²) in [5.41, 5.74) is 5.92. The molecule has 1 amide bonds. The summed E-state index contributed by atoms with van der Waals surface area (Å²) in [4.78, 5) is 18.7. The Morgan fingerprint density at radius 3 is 2.05 bits per heavy atom. The Balaban J connectivity index is 4.59. The van der Waals surface area contributed by atoms with Gasteiger partial charge in [0.1, 0.15) is 0 Å². The fourth-order valence-electron chi connectivity index (χ4n) is 2.36. The van der Waals surface area contributed by atoms with Crippen LogP contribution in [0.25, 0.3) is 0 Å². The topological polar surface area (TPSA) is 52.8 Å². The molecule has 0 spiro atoms. The molecule has 1 unspecified atom stereocenters. The lowest BCUT2D eigenvalue weighted by Gasteiger charge is -2.32. The molecule has 0 aliphatic heterocycles. The van der Waals surface area contributed by atoms with Crippen LogP contribution in [0.3, 0.4) is 0 Å². The van der Waals surface area contributed by atoms with E-state index in [0.29, 0.717) is 13.0 Å². The molecule has 0 radical (unpaired) electrons. The molecule has 0 aliphatic carbocycles. The van der Waals surface area contributed by atoms with Crippen molar-refractivity contribution in [2.75, 3.05) is 53.4 Å². The normalized spacial score (nSPS) is 13.0. The second kappa shape index (κ2) is 11.1. The van der Waals surface area contributed by atoms with Gasteiger partial charge in [0.25, 0.3) is 0 Å². The van der Waals surface area contributed by atoms with Gasteiger partial charge in [-0.25, -0.2) is 0 Å². The summed E-state index contributed by atoms with van der Waals surface area (Å²) in [5.74, 6) is 0.219. The maximum absolute atomic E-state index is 12.3. The number of rotatable bonds is 11. The highest BCUT2D eigenvalue weighted by molar-refractivity contribution is 5.76. The van der Waals surface area contributed by atoms with Crippen LogP contribution in [0, 0.1) is 0 Å². The number of amides is 1. The maximum atomic E-state index is 12.3. The quantitative estimate of drug-likeness (QED) is 0.612. The maximum Gasteiger partial charge on any atom is 0.224 e. The van der Waals surface area contributed by atoms with Gasteiger partial charge in [0.2, 0.25) is 5.91 Å². The monoisotopic (exact) mass is 286 g/mol. The van der Waals surface area contributed by atoms with Gasteiger partial charge in [-0.2, -0.15) is 0 Å². The van der Waals surface area contributed by atoms with Gasteiger partial charge >= 0.3 is 0 Å². The van der Waals surface area contributed by atoms with E-state index in [1.807, 2.05) is 18.7 Å². The van der Waals surface area contributed by atoms with E-state index in [0.717, 1.165) is 39.1 Å². The molecule has 0 aliphatic rings. The van der Waals surface area contributed by atoms with Crippen molar-refractivity contribution < 1.29 is 4.79 Å². The van der Waals surface area contributed by atoms with Crippen LogP contribution in [0.15, 0.2) is 0 Å². The Morgan fingerprint density at radius 2 is 1.65 bits per heavy atom. The van der Waals surface area contributed by atoms with Crippen LogP contribution < -0.4 is 5.73 Å². The summed E-state index contributed by atoms with van der Waals surface area (Å²) in [6.45, 7) is 11.3. The van der Waals surface area contributed by atoms with Crippen molar-refractivity contribution in [1.82, 2.24) is 14.7 Å². The third-order valence-electron chi connectivity index (χ3n) is 3.66. The zero-order valence-electron chi connectivity index (χ0n) is 14.1. The average Bonchev–Trinajstić information content (AvgIpc) is 2.42. The Morgan fingerprint density at radius 1 is 1.05 bits per heavy atom. The van der Waals surface area contributed by atoms with Crippen molar-refractivity contribution in [1.29, 1.82) is 0 Å². The van der Waals surface area contributed by atoms with Crippen molar-refractivity contribution in [2.45, 2.75) is 39.7 Å². The third-order valence-corrected chi connectivity index (χ3v) is 3.66. The molecule has 0 fully saturated rings. The minimum atomic E-state index is 0.156. The minimum absolute atomic E-state index is 0.156. The zero-order chi connectivity index (χ0) is 15.5. The lowest BCUT2D eigenvalue weighted by atomic mass is 10.1. The van der Waals surface area contributed by atoms with Crippen LogP contribution in [0.5, 0.6) is 0 Å². The highest BCUT2D eigenvalue weighted by atomic mass is 16.2. The fourth-order valence-corrected chi connectivity index (χ4v) is 2.36. The molecule has 0 aromatic rings. The molecular weight excluding hydrogens is 252 g/mol. The Bertz CT molecular complexity index is 254. The van der Waals surface area contributed by atoms with E-state index >= 15 is 0 Å². The first kappa shape index (κ1) is 19.4. The molecule has 2 N–H and O–H groups in total. The number of hydrogen-bond acceptors (Lipinski definition) is 4. The van der Waals surface area contributed by atoms with E-state index in [9.17, 15) is 4.79 Å². The summed E-state index contributed by atoms with van der Waals surface area (Å²) in [5, 5.41) is 0. The lowest BCUT2D eigenvalue weighted by Crippen LogP contribution is -2.47. The lowest BCUT2D eigenvalue weighted by molar-refractivity contribution is -0.132. The van der Waals surface area contributed by atoms with Crippen LogP contribution in [0.4, 0.5) is 0 Å². The summed E-state index contributed by atoms with van der Waals surface area (Å²) in [6.07, 6.45) is 1.62. The molecule has 0 heterocycles. The molecule has 0 bridgehead atoms. The second-order valence-electron chi connectivity index (χ2n) is 5.50. The third kappa shape index (κ3) is 7.22. The van der Waals surface area contributed by atoms with E-state index in [4.69, 9.17) is 5.73 Å². The number of nitrogens with two attached hydrogens (primary N) is 1. The van der Waals surface area contributed by atoms with Gasteiger partial charge in [-0.1, -0.05) is 6.92 Å². The molecule has 0 aromatic carbocycles. The first-order valence-electron chi connectivity index (χ1n) is 7.86. The van der Waals surface area contributed by atoms with E-state index in [1.54, 1.807) is 0 Å². The summed E-state index contributed by atoms with van der Waals surface area (Å²) >= 11 is 0. The van der Waals surface area contributed by atoms with E-state index in [1.165, 1.54) is 0 Å². The Hall–Kier alpha value is -0.650. The van der Waals surface area contributed by atoms with Gasteiger partial charge in [-0.15, -0.1) is 0 Å². The number of hydrogen-bond donors (Lipinski definition) is 1. The largest absolute Gasteiger partial charge is 0.343 e. The molecule has 0 rings (SSSR count). The molecule has 1 atom stereocenters. The minimum Gasteiger partial charge on any atom is -0.343 e. The second-order valence-corrected chi connectivity index (χ2v) is 5.50. The summed E-state index contributed by atoms with van der Waals surface area (Å²) in [6, 6.07) is 0.156. The zero-order valence-corrected chi connectivity index (χ0v) is 14.1. The smallest absolute Gasteiger partial charge is 0.224 e. The van der Waals surface area contributed by atoms with Crippen molar-refractivity contribution in [3.63, 3.8) is 0 Å². The molecule has 0 saturated heterocycles. The van der Waals surface area contributed by atoms with Gasteiger partial charge in [-0.05, 0) is 40.9 Å². The predicted octanol–water partition coefficient (Wildman–Crippen LogP) is 0.846. The Labute approximate surface area is 125 Å². The molecule has 120 valence electrons. The van der Waals surface area contributed by atoms with E-state index < -0.39 is 0 Å². The van der Waals surface area contributed by atoms with Gasteiger partial charge in [0, 0.05) is 45.2 Å².